The Morgan fingerprint density at radius 1 is 1.27 bits per heavy atom. The van der Waals surface area contributed by atoms with Crippen LogP contribution in [0.5, 0.6) is 0 Å². The minimum atomic E-state index is -3.54. The van der Waals surface area contributed by atoms with Gasteiger partial charge in [0.25, 0.3) is 5.22 Å². The summed E-state index contributed by atoms with van der Waals surface area (Å²) in [5.74, 6) is 0.170. The van der Waals surface area contributed by atoms with E-state index < -0.39 is 10.0 Å². The number of sulfonamides is 1. The third kappa shape index (κ3) is 3.55. The maximum Gasteiger partial charge on any atom is 0.257 e. The highest BCUT2D eigenvalue weighted by molar-refractivity contribution is 7.99. The van der Waals surface area contributed by atoms with Crippen LogP contribution in [0.1, 0.15) is 21.7 Å². The molecule has 3 rings (SSSR count). The Bertz CT molecular complexity index is 1080. The highest BCUT2D eigenvalue weighted by Crippen LogP contribution is 2.27. The second kappa shape index (κ2) is 6.90. The third-order valence-electron chi connectivity index (χ3n) is 3.89. The monoisotopic (exact) mass is 393 g/mol. The SMILES string of the molecule is Cc1cc(C(=O)CSc2nc3cc(S(=O)(=O)N(C)C)ccc3o2)c(C)[nH]1. The second-order valence-electron chi connectivity index (χ2n) is 6.10. The molecule has 0 atom stereocenters. The predicted molar refractivity (Wildman–Crippen MR) is 100 cm³/mol. The maximum absolute atomic E-state index is 12.3. The van der Waals surface area contributed by atoms with E-state index in [0.29, 0.717) is 21.9 Å². The number of nitrogens with one attached hydrogen (secondary N) is 1. The zero-order valence-corrected chi connectivity index (χ0v) is 16.5. The molecule has 1 aromatic carbocycles. The van der Waals surface area contributed by atoms with Gasteiger partial charge < -0.3 is 9.40 Å². The van der Waals surface area contributed by atoms with Gasteiger partial charge in [0.15, 0.2) is 11.4 Å². The van der Waals surface area contributed by atoms with Gasteiger partial charge in [0.2, 0.25) is 10.0 Å². The van der Waals surface area contributed by atoms with E-state index in [1.807, 2.05) is 19.9 Å². The summed E-state index contributed by atoms with van der Waals surface area (Å²) in [6, 6.07) is 6.35. The molecule has 1 N–H and O–H groups in total. The molecule has 0 aliphatic carbocycles. The minimum Gasteiger partial charge on any atom is -0.431 e. The molecule has 138 valence electrons. The average Bonchev–Trinajstić information content (AvgIpc) is 3.13. The number of H-pyrrole nitrogens is 1. The quantitative estimate of drug-likeness (QED) is 0.511. The normalized spacial score (nSPS) is 12.2. The number of carbonyl (C=O) groups excluding carboxylic acids is 1. The van der Waals surface area contributed by atoms with Gasteiger partial charge in [0.1, 0.15) is 5.52 Å². The molecule has 2 heterocycles. The van der Waals surface area contributed by atoms with Crippen molar-refractivity contribution in [1.82, 2.24) is 14.3 Å². The van der Waals surface area contributed by atoms with Crippen molar-refractivity contribution in [1.29, 1.82) is 0 Å². The van der Waals surface area contributed by atoms with Crippen LogP contribution in [-0.2, 0) is 10.0 Å². The van der Waals surface area contributed by atoms with Gasteiger partial charge in [0.05, 0.1) is 10.6 Å². The highest BCUT2D eigenvalue weighted by Gasteiger charge is 2.19. The number of fused-ring (bicyclic) bond motifs is 1. The molecule has 0 saturated carbocycles. The molecule has 0 bridgehead atoms. The van der Waals surface area contributed by atoms with E-state index in [1.54, 1.807) is 6.07 Å². The molecule has 0 saturated heterocycles. The topological polar surface area (TPSA) is 96.3 Å². The number of aromatic nitrogens is 2. The molecular weight excluding hydrogens is 374 g/mol. The van der Waals surface area contributed by atoms with Crippen LogP contribution < -0.4 is 0 Å². The predicted octanol–water partition coefficient (Wildman–Crippen LogP) is 3.00. The lowest BCUT2D eigenvalue weighted by atomic mass is 10.2. The van der Waals surface area contributed by atoms with Crippen molar-refractivity contribution >= 4 is 38.7 Å². The summed E-state index contributed by atoms with van der Waals surface area (Å²) in [6.07, 6.45) is 0. The number of ketones is 1. The average molecular weight is 393 g/mol. The van der Waals surface area contributed by atoms with Gasteiger partial charge in [0, 0.05) is 31.0 Å². The summed E-state index contributed by atoms with van der Waals surface area (Å²) in [5, 5.41) is 0.331. The van der Waals surface area contributed by atoms with E-state index in [1.165, 1.54) is 38.0 Å². The number of hydrogen-bond acceptors (Lipinski definition) is 6. The van der Waals surface area contributed by atoms with Crippen molar-refractivity contribution in [2.45, 2.75) is 24.0 Å². The van der Waals surface area contributed by atoms with Crippen LogP contribution in [0.2, 0.25) is 0 Å². The number of rotatable bonds is 6. The fourth-order valence-corrected chi connectivity index (χ4v) is 4.18. The molecular formula is C17H19N3O4S2. The van der Waals surface area contributed by atoms with Crippen LogP contribution in [0, 0.1) is 13.8 Å². The van der Waals surface area contributed by atoms with Gasteiger partial charge in [-0.25, -0.2) is 17.7 Å². The number of aromatic amines is 1. The summed E-state index contributed by atoms with van der Waals surface area (Å²) >= 11 is 1.19. The number of nitrogens with zero attached hydrogens (tertiary/aromatic N) is 2. The van der Waals surface area contributed by atoms with E-state index in [0.717, 1.165) is 15.7 Å². The summed E-state index contributed by atoms with van der Waals surface area (Å²) in [4.78, 5) is 19.9. The Hall–Kier alpha value is -2.10. The van der Waals surface area contributed by atoms with Gasteiger partial charge in [-0.2, -0.15) is 0 Å². The second-order valence-corrected chi connectivity index (χ2v) is 9.18. The number of carbonyl (C=O) groups is 1. The first kappa shape index (κ1) is 18.7. The summed E-state index contributed by atoms with van der Waals surface area (Å²) in [7, 11) is -0.592. The van der Waals surface area contributed by atoms with E-state index >= 15 is 0 Å². The molecule has 0 aliphatic heterocycles. The first-order valence-electron chi connectivity index (χ1n) is 7.84. The van der Waals surface area contributed by atoms with Crippen LogP contribution in [0.15, 0.2) is 38.8 Å². The molecule has 3 aromatic rings. The number of hydrogen-bond donors (Lipinski definition) is 1. The fraction of sp³-hybridized carbons (Fsp3) is 0.294. The van der Waals surface area contributed by atoms with Crippen LogP contribution in [0.3, 0.4) is 0 Å². The van der Waals surface area contributed by atoms with Crippen molar-refractivity contribution < 1.29 is 17.6 Å². The first-order valence-corrected chi connectivity index (χ1v) is 10.3. The summed E-state index contributed by atoms with van der Waals surface area (Å²) < 4.78 is 31.1. The third-order valence-corrected chi connectivity index (χ3v) is 6.53. The van der Waals surface area contributed by atoms with Gasteiger partial charge in [-0.3, -0.25) is 4.79 Å². The molecule has 0 amide bonds. The van der Waals surface area contributed by atoms with Crippen molar-refractivity contribution in [2.75, 3.05) is 19.8 Å². The Balaban J connectivity index is 1.79. The molecule has 9 heteroatoms. The van der Waals surface area contributed by atoms with Crippen molar-refractivity contribution in [3.05, 3.63) is 41.2 Å². The van der Waals surface area contributed by atoms with E-state index in [4.69, 9.17) is 4.42 Å². The van der Waals surface area contributed by atoms with E-state index in [-0.39, 0.29) is 16.4 Å². The number of aryl methyl sites for hydroxylation is 2. The van der Waals surface area contributed by atoms with Gasteiger partial charge in [-0.05, 0) is 38.1 Å². The summed E-state index contributed by atoms with van der Waals surface area (Å²) in [5.41, 5.74) is 3.35. The number of Topliss-reactive ketones (excluding diaryl/α,β-unsaturated/α-hetero) is 1. The van der Waals surface area contributed by atoms with Crippen molar-refractivity contribution in [3.63, 3.8) is 0 Å². The first-order chi connectivity index (χ1) is 12.2. The van der Waals surface area contributed by atoms with E-state index in [9.17, 15) is 13.2 Å². The molecule has 7 nitrogen and oxygen atoms in total. The van der Waals surface area contributed by atoms with E-state index in [2.05, 4.69) is 9.97 Å². The molecule has 2 aromatic heterocycles. The smallest absolute Gasteiger partial charge is 0.257 e. The summed E-state index contributed by atoms with van der Waals surface area (Å²) in [6.45, 7) is 3.76. The Morgan fingerprint density at radius 2 is 2.00 bits per heavy atom. The van der Waals surface area contributed by atoms with Gasteiger partial charge in [-0.15, -0.1) is 0 Å². The van der Waals surface area contributed by atoms with Crippen LogP contribution in [0.4, 0.5) is 0 Å². The molecule has 0 aliphatic rings. The molecule has 0 radical (unpaired) electrons. The van der Waals surface area contributed by atoms with Gasteiger partial charge in [-0.1, -0.05) is 11.8 Å². The number of oxazole rings is 1. The Morgan fingerprint density at radius 3 is 2.62 bits per heavy atom. The molecule has 26 heavy (non-hydrogen) atoms. The minimum absolute atomic E-state index is 0.0185. The molecule has 0 fully saturated rings. The van der Waals surface area contributed by atoms with Crippen molar-refractivity contribution in [2.24, 2.45) is 0 Å². The van der Waals surface area contributed by atoms with Crippen molar-refractivity contribution in [3.8, 4) is 0 Å². The van der Waals surface area contributed by atoms with Crippen LogP contribution >= 0.6 is 11.8 Å². The standard InChI is InChI=1S/C17H19N3O4S2/c1-10-7-13(11(2)18-10)15(21)9-25-17-19-14-8-12(5-6-16(14)24-17)26(22,23)20(3)4/h5-8,18H,9H2,1-4H3. The zero-order valence-electron chi connectivity index (χ0n) is 14.9. The largest absolute Gasteiger partial charge is 0.431 e. The lowest BCUT2D eigenvalue weighted by Gasteiger charge is -2.10. The molecule has 0 unspecified atom stereocenters. The Kier molecular flexibility index (Phi) is 4.96. The fourth-order valence-electron chi connectivity index (χ4n) is 2.54. The number of thioether (sulfide) groups is 1. The van der Waals surface area contributed by atoms with Crippen LogP contribution in [0.25, 0.3) is 11.1 Å². The number of benzene rings is 1. The van der Waals surface area contributed by atoms with Gasteiger partial charge >= 0.3 is 0 Å². The highest BCUT2D eigenvalue weighted by atomic mass is 32.2. The Labute approximate surface area is 155 Å². The van der Waals surface area contributed by atoms with Crippen LogP contribution in [-0.4, -0.2) is 48.3 Å². The molecule has 0 spiro atoms. The lowest BCUT2D eigenvalue weighted by molar-refractivity contribution is 0.102. The lowest BCUT2D eigenvalue weighted by Crippen LogP contribution is -2.22. The zero-order chi connectivity index (χ0) is 19.1. The maximum atomic E-state index is 12.3.